The van der Waals surface area contributed by atoms with Gasteiger partial charge in [-0.05, 0) is 12.1 Å². The smallest absolute Gasteiger partial charge is 0.178 e. The maximum absolute atomic E-state index is 4.47. The molecule has 0 aromatic carbocycles. The molecule has 0 amide bonds. The lowest BCUT2D eigenvalue weighted by Gasteiger charge is -2.17. The highest BCUT2D eigenvalue weighted by Crippen LogP contribution is 2.21. The minimum Gasteiger partial charge on any atom is -0.251 e. The van der Waals surface area contributed by atoms with Crippen LogP contribution in [0.5, 0.6) is 0 Å². The van der Waals surface area contributed by atoms with E-state index in [2.05, 4.69) is 35.7 Å². The first kappa shape index (κ1) is 9.06. The molecule has 0 aliphatic carbocycles. The van der Waals surface area contributed by atoms with Gasteiger partial charge in [-0.1, -0.05) is 20.8 Å². The van der Waals surface area contributed by atoms with Crippen molar-refractivity contribution in [3.05, 3.63) is 30.2 Å². The van der Waals surface area contributed by atoms with Crippen LogP contribution in [-0.2, 0) is 5.41 Å². The van der Waals surface area contributed by atoms with Gasteiger partial charge in [0.05, 0.1) is 0 Å². The lowest BCUT2D eigenvalue weighted by Crippen LogP contribution is -2.13. The SMILES string of the molecule is CC(C)(C)c1ccc2nccnc2n1. The van der Waals surface area contributed by atoms with Gasteiger partial charge in [0.15, 0.2) is 5.65 Å². The third-order valence-electron chi connectivity index (χ3n) is 2.10. The number of aromatic nitrogens is 3. The molecule has 0 atom stereocenters. The van der Waals surface area contributed by atoms with Gasteiger partial charge in [-0.15, -0.1) is 0 Å². The second-order valence-electron chi connectivity index (χ2n) is 4.35. The van der Waals surface area contributed by atoms with Crippen LogP contribution in [0.3, 0.4) is 0 Å². The van der Waals surface area contributed by atoms with Crippen LogP contribution >= 0.6 is 0 Å². The van der Waals surface area contributed by atoms with Gasteiger partial charge in [0.2, 0.25) is 0 Å². The van der Waals surface area contributed by atoms with Crippen molar-refractivity contribution in [3.63, 3.8) is 0 Å². The maximum Gasteiger partial charge on any atom is 0.178 e. The molecule has 2 rings (SSSR count). The van der Waals surface area contributed by atoms with Crippen molar-refractivity contribution < 1.29 is 0 Å². The molecule has 3 nitrogen and oxygen atoms in total. The van der Waals surface area contributed by atoms with Crippen molar-refractivity contribution in [1.29, 1.82) is 0 Å². The van der Waals surface area contributed by atoms with E-state index in [1.54, 1.807) is 12.4 Å². The van der Waals surface area contributed by atoms with E-state index in [-0.39, 0.29) is 5.41 Å². The van der Waals surface area contributed by atoms with E-state index in [4.69, 9.17) is 0 Å². The molecule has 72 valence electrons. The topological polar surface area (TPSA) is 38.7 Å². The summed E-state index contributed by atoms with van der Waals surface area (Å²) in [4.78, 5) is 12.8. The first-order chi connectivity index (χ1) is 6.57. The number of hydrogen-bond donors (Lipinski definition) is 0. The van der Waals surface area contributed by atoms with Crippen LogP contribution in [0.15, 0.2) is 24.5 Å². The zero-order chi connectivity index (χ0) is 10.2. The fourth-order valence-corrected chi connectivity index (χ4v) is 1.27. The van der Waals surface area contributed by atoms with Crippen LogP contribution in [0.4, 0.5) is 0 Å². The van der Waals surface area contributed by atoms with Crippen molar-refractivity contribution in [2.75, 3.05) is 0 Å². The van der Waals surface area contributed by atoms with Gasteiger partial charge in [0.1, 0.15) is 5.52 Å². The second-order valence-corrected chi connectivity index (χ2v) is 4.35. The molecule has 2 aromatic rings. The largest absolute Gasteiger partial charge is 0.251 e. The summed E-state index contributed by atoms with van der Waals surface area (Å²) in [5, 5.41) is 0. The van der Waals surface area contributed by atoms with Gasteiger partial charge in [0.25, 0.3) is 0 Å². The first-order valence-electron chi connectivity index (χ1n) is 4.65. The van der Waals surface area contributed by atoms with Crippen LogP contribution < -0.4 is 0 Å². The van der Waals surface area contributed by atoms with Gasteiger partial charge in [-0.3, -0.25) is 4.98 Å². The van der Waals surface area contributed by atoms with Gasteiger partial charge < -0.3 is 0 Å². The Hall–Kier alpha value is -1.51. The highest BCUT2D eigenvalue weighted by Gasteiger charge is 2.15. The van der Waals surface area contributed by atoms with E-state index < -0.39 is 0 Å². The zero-order valence-electron chi connectivity index (χ0n) is 8.65. The van der Waals surface area contributed by atoms with Crippen LogP contribution in [-0.4, -0.2) is 15.0 Å². The van der Waals surface area contributed by atoms with Crippen molar-refractivity contribution in [1.82, 2.24) is 15.0 Å². The Labute approximate surface area is 83.2 Å². The zero-order valence-corrected chi connectivity index (χ0v) is 8.65. The third kappa shape index (κ3) is 1.58. The predicted molar refractivity (Wildman–Crippen MR) is 56.0 cm³/mol. The lowest BCUT2D eigenvalue weighted by molar-refractivity contribution is 0.571. The Morgan fingerprint density at radius 3 is 2.43 bits per heavy atom. The summed E-state index contributed by atoms with van der Waals surface area (Å²) in [5.74, 6) is 0. The molecule has 14 heavy (non-hydrogen) atoms. The molecule has 0 saturated carbocycles. The summed E-state index contributed by atoms with van der Waals surface area (Å²) in [5.41, 5.74) is 2.68. The Morgan fingerprint density at radius 1 is 1.00 bits per heavy atom. The number of nitrogens with zero attached hydrogens (tertiary/aromatic N) is 3. The summed E-state index contributed by atoms with van der Waals surface area (Å²) in [6.45, 7) is 6.41. The van der Waals surface area contributed by atoms with E-state index in [1.165, 1.54) is 0 Å². The predicted octanol–water partition coefficient (Wildman–Crippen LogP) is 2.32. The van der Waals surface area contributed by atoms with E-state index >= 15 is 0 Å². The average Bonchev–Trinajstić information content (AvgIpc) is 2.16. The highest BCUT2D eigenvalue weighted by molar-refractivity contribution is 5.69. The van der Waals surface area contributed by atoms with Gasteiger partial charge in [-0.2, -0.15) is 0 Å². The molecule has 3 heteroatoms. The van der Waals surface area contributed by atoms with E-state index in [9.17, 15) is 0 Å². The molecule has 0 aliphatic heterocycles. The highest BCUT2D eigenvalue weighted by atomic mass is 14.9. The Kier molecular flexibility index (Phi) is 1.95. The molecule has 0 fully saturated rings. The van der Waals surface area contributed by atoms with Crippen molar-refractivity contribution in [3.8, 4) is 0 Å². The molecule has 0 radical (unpaired) electrons. The lowest BCUT2D eigenvalue weighted by atomic mass is 9.92. The molecule has 2 aromatic heterocycles. The minimum atomic E-state index is 0.0612. The van der Waals surface area contributed by atoms with E-state index in [0.717, 1.165) is 16.9 Å². The summed E-state index contributed by atoms with van der Waals surface area (Å²) < 4.78 is 0. The monoisotopic (exact) mass is 187 g/mol. The summed E-state index contributed by atoms with van der Waals surface area (Å²) in [6, 6.07) is 3.98. The van der Waals surface area contributed by atoms with E-state index in [0.29, 0.717) is 0 Å². The average molecular weight is 187 g/mol. The number of rotatable bonds is 0. The summed E-state index contributed by atoms with van der Waals surface area (Å²) in [6.07, 6.45) is 3.35. The van der Waals surface area contributed by atoms with Crippen molar-refractivity contribution >= 4 is 11.2 Å². The summed E-state index contributed by atoms with van der Waals surface area (Å²) >= 11 is 0. The standard InChI is InChI=1S/C11H13N3/c1-11(2,3)9-5-4-8-10(14-9)13-7-6-12-8/h4-7H,1-3H3. The number of fused-ring (bicyclic) bond motifs is 1. The van der Waals surface area contributed by atoms with Crippen LogP contribution in [0, 0.1) is 0 Å². The van der Waals surface area contributed by atoms with Crippen molar-refractivity contribution in [2.45, 2.75) is 26.2 Å². The normalized spacial score (nSPS) is 11.9. The molecule has 0 bridgehead atoms. The van der Waals surface area contributed by atoms with Gasteiger partial charge in [-0.25, -0.2) is 9.97 Å². The van der Waals surface area contributed by atoms with Crippen LogP contribution in [0.2, 0.25) is 0 Å². The van der Waals surface area contributed by atoms with Crippen LogP contribution in [0.1, 0.15) is 26.5 Å². The van der Waals surface area contributed by atoms with Gasteiger partial charge in [0, 0.05) is 23.5 Å². The Bertz CT molecular complexity index is 457. The quantitative estimate of drug-likeness (QED) is 0.635. The van der Waals surface area contributed by atoms with E-state index in [1.807, 2.05) is 12.1 Å². The maximum atomic E-state index is 4.47. The molecular weight excluding hydrogens is 174 g/mol. The Morgan fingerprint density at radius 2 is 1.71 bits per heavy atom. The molecule has 0 saturated heterocycles. The molecule has 0 spiro atoms. The second kappa shape index (κ2) is 3.01. The van der Waals surface area contributed by atoms with Crippen LogP contribution in [0.25, 0.3) is 11.2 Å². The van der Waals surface area contributed by atoms with Crippen molar-refractivity contribution in [2.24, 2.45) is 0 Å². The molecule has 0 aliphatic rings. The fourth-order valence-electron chi connectivity index (χ4n) is 1.27. The molecular formula is C11H13N3. The third-order valence-corrected chi connectivity index (χ3v) is 2.10. The molecule has 0 unspecified atom stereocenters. The number of hydrogen-bond acceptors (Lipinski definition) is 3. The summed E-state index contributed by atoms with van der Waals surface area (Å²) in [7, 11) is 0. The number of pyridine rings is 1. The fraction of sp³-hybridized carbons (Fsp3) is 0.364. The molecule has 2 heterocycles. The van der Waals surface area contributed by atoms with Gasteiger partial charge >= 0.3 is 0 Å². The first-order valence-corrected chi connectivity index (χ1v) is 4.65. The minimum absolute atomic E-state index is 0.0612. The Balaban J connectivity index is 2.63. The molecule has 0 N–H and O–H groups in total.